The lowest BCUT2D eigenvalue weighted by Crippen LogP contribution is -2.01. The Morgan fingerprint density at radius 3 is 2.29 bits per heavy atom. The van der Waals surface area contributed by atoms with Crippen LogP contribution in [-0.4, -0.2) is 23.7 Å². The fourth-order valence-electron chi connectivity index (χ4n) is 3.45. The minimum Gasteiger partial charge on any atom is -0.384 e. The maximum absolute atomic E-state index is 14.6. The van der Waals surface area contributed by atoms with Crippen molar-refractivity contribution in [3.8, 4) is 11.8 Å². The van der Waals surface area contributed by atoms with Crippen LogP contribution in [0.25, 0.3) is 10.8 Å². The van der Waals surface area contributed by atoms with Gasteiger partial charge >= 0.3 is 0 Å². The van der Waals surface area contributed by atoms with Crippen LogP contribution in [0, 0.1) is 35.1 Å². The number of rotatable bonds is 6. The molecule has 0 bridgehead atoms. The van der Waals surface area contributed by atoms with Crippen molar-refractivity contribution < 1.29 is 22.3 Å². The van der Waals surface area contributed by atoms with Crippen LogP contribution in [0.5, 0.6) is 0 Å². The number of hydrogen-bond acceptors (Lipinski definition) is 3. The number of ether oxygens (including phenoxy) is 1. The zero-order valence-corrected chi connectivity index (χ0v) is 18.3. The molecule has 1 heterocycles. The van der Waals surface area contributed by atoms with E-state index < -0.39 is 23.3 Å². The van der Waals surface area contributed by atoms with Crippen molar-refractivity contribution in [2.24, 2.45) is 0 Å². The Kier molecular flexibility index (Phi) is 7.19. The molecule has 0 N–H and O–H groups in total. The molecule has 0 saturated carbocycles. The summed E-state index contributed by atoms with van der Waals surface area (Å²) in [4.78, 5) is 8.67. The van der Waals surface area contributed by atoms with E-state index >= 15 is 0 Å². The highest BCUT2D eigenvalue weighted by atomic mass is 19.2. The molecular formula is C27H20F4N2O. The van der Waals surface area contributed by atoms with Crippen molar-refractivity contribution in [3.05, 3.63) is 106 Å². The van der Waals surface area contributed by atoms with E-state index in [1.165, 1.54) is 24.3 Å². The number of aryl methyl sites for hydroxylation is 2. The second kappa shape index (κ2) is 10.4. The van der Waals surface area contributed by atoms with Gasteiger partial charge in [0.05, 0.1) is 12.2 Å². The molecule has 0 radical (unpaired) electrons. The summed E-state index contributed by atoms with van der Waals surface area (Å²) in [6.07, 6.45) is 5.43. The first-order chi connectivity index (χ1) is 16.4. The van der Waals surface area contributed by atoms with E-state index in [0.717, 1.165) is 23.6 Å². The molecule has 3 aromatic carbocycles. The topological polar surface area (TPSA) is 35.0 Å². The van der Waals surface area contributed by atoms with Crippen LogP contribution in [0.3, 0.4) is 0 Å². The second-order valence-corrected chi connectivity index (χ2v) is 7.74. The van der Waals surface area contributed by atoms with Gasteiger partial charge in [-0.3, -0.25) is 0 Å². The smallest absolute Gasteiger partial charge is 0.195 e. The normalized spacial score (nSPS) is 10.9. The van der Waals surface area contributed by atoms with Crippen LogP contribution < -0.4 is 0 Å². The van der Waals surface area contributed by atoms with Gasteiger partial charge in [0.15, 0.2) is 17.5 Å². The zero-order chi connectivity index (χ0) is 24.1. The van der Waals surface area contributed by atoms with Crippen LogP contribution >= 0.6 is 0 Å². The monoisotopic (exact) mass is 464 g/mol. The van der Waals surface area contributed by atoms with Crippen LogP contribution in [0.4, 0.5) is 17.6 Å². The number of fused-ring (bicyclic) bond motifs is 1. The predicted molar refractivity (Wildman–Crippen MR) is 121 cm³/mol. The number of nitrogens with zero attached hydrogens (tertiary/aromatic N) is 2. The molecule has 0 spiro atoms. The molecule has 0 amide bonds. The van der Waals surface area contributed by atoms with Gasteiger partial charge < -0.3 is 4.74 Å². The second-order valence-electron chi connectivity index (χ2n) is 7.74. The third kappa shape index (κ3) is 5.41. The molecule has 3 nitrogen and oxygen atoms in total. The van der Waals surface area contributed by atoms with Gasteiger partial charge in [0.2, 0.25) is 0 Å². The van der Waals surface area contributed by atoms with Gasteiger partial charge in [0, 0.05) is 36.9 Å². The van der Waals surface area contributed by atoms with Gasteiger partial charge in [-0.1, -0.05) is 24.0 Å². The van der Waals surface area contributed by atoms with Gasteiger partial charge in [-0.2, -0.15) is 0 Å². The third-order valence-corrected chi connectivity index (χ3v) is 5.34. The molecular weight excluding hydrogens is 444 g/mol. The van der Waals surface area contributed by atoms with Gasteiger partial charge in [0.25, 0.3) is 0 Å². The average molecular weight is 464 g/mol. The van der Waals surface area contributed by atoms with Crippen molar-refractivity contribution in [2.45, 2.75) is 19.3 Å². The number of halogens is 4. The van der Waals surface area contributed by atoms with Crippen LogP contribution in [0.1, 0.15) is 28.1 Å². The summed E-state index contributed by atoms with van der Waals surface area (Å²) in [6.45, 7) is 0.606. The van der Waals surface area contributed by atoms with Crippen molar-refractivity contribution in [1.29, 1.82) is 0 Å². The molecule has 4 aromatic rings. The lowest BCUT2D eigenvalue weighted by Gasteiger charge is -2.04. The highest BCUT2D eigenvalue weighted by molar-refractivity contribution is 5.84. The number of benzene rings is 3. The van der Waals surface area contributed by atoms with E-state index in [1.54, 1.807) is 31.6 Å². The van der Waals surface area contributed by atoms with Crippen molar-refractivity contribution in [2.75, 3.05) is 13.7 Å². The largest absolute Gasteiger partial charge is 0.384 e. The van der Waals surface area contributed by atoms with E-state index in [2.05, 4.69) is 21.8 Å². The highest BCUT2D eigenvalue weighted by Gasteiger charge is 2.13. The molecule has 0 atom stereocenters. The first-order valence-corrected chi connectivity index (χ1v) is 10.6. The lowest BCUT2D eigenvalue weighted by molar-refractivity contribution is 0.202. The van der Waals surface area contributed by atoms with E-state index in [-0.39, 0.29) is 16.3 Å². The Morgan fingerprint density at radius 1 is 0.765 bits per heavy atom. The SMILES string of the molecule is COCCc1cnc(CCc2ccc(C#Cc3ccc4c(F)c(F)c(F)cc4c3)c(F)c2)nc1. The molecule has 0 unspecified atom stereocenters. The summed E-state index contributed by atoms with van der Waals surface area (Å²) < 4.78 is 60.3. The van der Waals surface area contributed by atoms with E-state index in [9.17, 15) is 17.6 Å². The van der Waals surface area contributed by atoms with Crippen LogP contribution in [-0.2, 0) is 24.0 Å². The summed E-state index contributed by atoms with van der Waals surface area (Å²) in [5, 5.41) is 0.126. The molecule has 7 heteroatoms. The summed E-state index contributed by atoms with van der Waals surface area (Å²) >= 11 is 0. The van der Waals surface area contributed by atoms with E-state index in [4.69, 9.17) is 4.74 Å². The number of hydrogen-bond donors (Lipinski definition) is 0. The Hall–Kier alpha value is -3.76. The third-order valence-electron chi connectivity index (χ3n) is 5.34. The maximum atomic E-state index is 14.6. The standard InChI is InChI=1S/C27H20F4N2O/c1-34-11-10-19-15-32-25(33-16-19)9-5-18-3-7-20(23(28)13-18)6-2-17-4-8-22-21(12-17)14-24(29)27(31)26(22)30/h3-4,7-8,12-16H,5,9-11H2,1H3. The minimum atomic E-state index is -1.51. The average Bonchev–Trinajstić information content (AvgIpc) is 2.84. The summed E-state index contributed by atoms with van der Waals surface area (Å²) in [7, 11) is 1.64. The van der Waals surface area contributed by atoms with Gasteiger partial charge in [-0.15, -0.1) is 0 Å². The number of aromatic nitrogens is 2. The van der Waals surface area contributed by atoms with E-state index in [0.29, 0.717) is 30.8 Å². The number of methoxy groups -OCH3 is 1. The summed E-state index contributed by atoms with van der Waals surface area (Å²) in [6, 6.07) is 9.93. The summed E-state index contributed by atoms with van der Waals surface area (Å²) in [5.74, 6) is 1.69. The molecule has 0 saturated heterocycles. The van der Waals surface area contributed by atoms with Gasteiger partial charge in [0.1, 0.15) is 11.6 Å². The molecule has 0 aliphatic rings. The molecule has 0 fully saturated rings. The van der Waals surface area contributed by atoms with Crippen molar-refractivity contribution in [3.63, 3.8) is 0 Å². The van der Waals surface area contributed by atoms with Gasteiger partial charge in [-0.05, 0) is 59.7 Å². The molecule has 4 rings (SSSR count). The molecule has 1 aromatic heterocycles. The Morgan fingerprint density at radius 2 is 1.56 bits per heavy atom. The highest BCUT2D eigenvalue weighted by Crippen LogP contribution is 2.24. The fraction of sp³-hybridized carbons (Fsp3) is 0.185. The van der Waals surface area contributed by atoms with Crippen molar-refractivity contribution >= 4 is 10.8 Å². The van der Waals surface area contributed by atoms with Crippen molar-refractivity contribution in [1.82, 2.24) is 9.97 Å². The lowest BCUT2D eigenvalue weighted by atomic mass is 10.0. The maximum Gasteiger partial charge on any atom is 0.195 e. The molecule has 0 aliphatic heterocycles. The zero-order valence-electron chi connectivity index (χ0n) is 18.3. The first kappa shape index (κ1) is 23.4. The van der Waals surface area contributed by atoms with Crippen LogP contribution in [0.2, 0.25) is 0 Å². The molecule has 172 valence electrons. The van der Waals surface area contributed by atoms with Gasteiger partial charge in [-0.25, -0.2) is 27.5 Å². The van der Waals surface area contributed by atoms with Crippen LogP contribution in [0.15, 0.2) is 54.9 Å². The quantitative estimate of drug-likeness (QED) is 0.213. The minimum absolute atomic E-state index is 0.0476. The first-order valence-electron chi connectivity index (χ1n) is 10.6. The Bertz CT molecular complexity index is 1390. The fourth-order valence-corrected chi connectivity index (χ4v) is 3.45. The molecule has 34 heavy (non-hydrogen) atoms. The van der Waals surface area contributed by atoms with E-state index in [1.807, 2.05) is 0 Å². The predicted octanol–water partition coefficient (Wildman–Crippen LogP) is 5.56. The molecule has 0 aliphatic carbocycles. The summed E-state index contributed by atoms with van der Waals surface area (Å²) in [5.41, 5.74) is 2.40. The Labute approximate surface area is 194 Å². The Balaban J connectivity index is 1.44.